The molecule has 0 aliphatic carbocycles. The van der Waals surface area contributed by atoms with E-state index in [0.717, 1.165) is 10.0 Å². The second kappa shape index (κ2) is 3.46. The standard InChI is InChI=1S/C8H12N6O6/c1-9-3-4-11(13(15)16)5(9)8-19-6(10(3)2)7(20-8)12(4)14(17)18/h3-8H,1-2H3. The van der Waals surface area contributed by atoms with Gasteiger partial charge in [0.1, 0.15) is 6.17 Å². The third kappa shape index (κ3) is 1.11. The van der Waals surface area contributed by atoms with Gasteiger partial charge < -0.3 is 9.47 Å². The quantitative estimate of drug-likeness (QED) is 0.412. The maximum atomic E-state index is 11.4. The first-order chi connectivity index (χ1) is 9.43. The van der Waals surface area contributed by atoms with Crippen molar-refractivity contribution in [3.63, 3.8) is 0 Å². The highest BCUT2D eigenvalue weighted by Gasteiger charge is 2.74. The smallest absolute Gasteiger partial charge is 0.251 e. The highest BCUT2D eigenvalue weighted by molar-refractivity contribution is 5.04. The Morgan fingerprint density at radius 2 is 1.45 bits per heavy atom. The molecule has 5 saturated heterocycles. The molecule has 110 valence electrons. The zero-order chi connectivity index (χ0) is 14.3. The van der Waals surface area contributed by atoms with Gasteiger partial charge in [-0.15, -0.1) is 0 Å². The molecule has 0 amide bonds. The molecular formula is C8H12N6O6. The fourth-order valence-corrected chi connectivity index (χ4v) is 3.67. The normalized spacial score (nSPS) is 46.3. The fraction of sp³-hybridized carbons (Fsp3) is 1.00. The molecule has 5 fully saturated rings. The summed E-state index contributed by atoms with van der Waals surface area (Å²) in [4.78, 5) is 26.1. The minimum absolute atomic E-state index is 0.508. The zero-order valence-corrected chi connectivity index (χ0v) is 10.6. The lowest BCUT2D eigenvalue weighted by Gasteiger charge is -2.43. The van der Waals surface area contributed by atoms with Crippen molar-refractivity contribution in [3.05, 3.63) is 20.2 Å². The number of rotatable bonds is 2. The average Bonchev–Trinajstić information content (AvgIpc) is 2.82. The van der Waals surface area contributed by atoms with Crippen molar-refractivity contribution >= 4 is 0 Å². The number of ether oxygens (including phenoxy) is 2. The van der Waals surface area contributed by atoms with Gasteiger partial charge in [-0.25, -0.2) is 20.2 Å². The molecule has 5 heterocycles. The molecule has 20 heavy (non-hydrogen) atoms. The highest BCUT2D eigenvalue weighted by Crippen LogP contribution is 2.47. The molecule has 12 nitrogen and oxygen atoms in total. The predicted molar refractivity (Wildman–Crippen MR) is 58.1 cm³/mol. The van der Waals surface area contributed by atoms with E-state index in [1.54, 1.807) is 23.9 Å². The summed E-state index contributed by atoms with van der Waals surface area (Å²) in [6, 6.07) is 0. The van der Waals surface area contributed by atoms with E-state index in [9.17, 15) is 20.2 Å². The largest absolute Gasteiger partial charge is 0.325 e. The summed E-state index contributed by atoms with van der Waals surface area (Å²) in [6.07, 6.45) is -4.75. The second-order valence-electron chi connectivity index (χ2n) is 5.23. The molecule has 0 N–H and O–H groups in total. The van der Waals surface area contributed by atoms with Gasteiger partial charge in [0.25, 0.3) is 6.17 Å². The number of nitrogens with zero attached hydrogens (tertiary/aromatic N) is 6. The van der Waals surface area contributed by atoms with Gasteiger partial charge in [-0.2, -0.15) is 0 Å². The maximum absolute atomic E-state index is 11.4. The van der Waals surface area contributed by atoms with Gasteiger partial charge in [0.2, 0.25) is 12.5 Å². The lowest BCUT2D eigenvalue weighted by atomic mass is 10.2. The van der Waals surface area contributed by atoms with E-state index in [4.69, 9.17) is 9.47 Å². The summed E-state index contributed by atoms with van der Waals surface area (Å²) in [7, 11) is 3.40. The first-order valence-corrected chi connectivity index (χ1v) is 6.03. The summed E-state index contributed by atoms with van der Waals surface area (Å²) in [6.45, 7) is 0. The maximum Gasteiger partial charge on any atom is 0.251 e. The van der Waals surface area contributed by atoms with Crippen LogP contribution in [0.4, 0.5) is 0 Å². The first-order valence-electron chi connectivity index (χ1n) is 6.03. The predicted octanol–water partition coefficient (Wildman–Crippen LogP) is -2.12. The molecule has 0 aromatic rings. The van der Waals surface area contributed by atoms with Gasteiger partial charge in [-0.1, -0.05) is 10.0 Å². The van der Waals surface area contributed by atoms with Gasteiger partial charge in [-0.05, 0) is 14.1 Å². The van der Waals surface area contributed by atoms with Gasteiger partial charge in [-0.3, -0.25) is 9.80 Å². The van der Waals surface area contributed by atoms with Crippen LogP contribution in [0.25, 0.3) is 0 Å². The Morgan fingerprint density at radius 1 is 0.850 bits per heavy atom. The molecule has 6 atom stereocenters. The van der Waals surface area contributed by atoms with Crippen molar-refractivity contribution in [2.75, 3.05) is 14.1 Å². The van der Waals surface area contributed by atoms with Crippen LogP contribution in [0.2, 0.25) is 0 Å². The molecule has 6 bridgehead atoms. The number of hydrogen-bond donors (Lipinski definition) is 0. The van der Waals surface area contributed by atoms with E-state index in [-0.39, 0.29) is 0 Å². The second-order valence-corrected chi connectivity index (χ2v) is 5.23. The monoisotopic (exact) mass is 288 g/mol. The summed E-state index contributed by atoms with van der Waals surface area (Å²) in [5, 5.41) is 23.1. The SMILES string of the molecule is CN1C2OC3OC2N([N+](=O)[O-])C2C1N(C)C3N2[N+](=O)[O-]. The van der Waals surface area contributed by atoms with Crippen molar-refractivity contribution in [2.45, 2.75) is 37.2 Å². The van der Waals surface area contributed by atoms with E-state index in [2.05, 4.69) is 0 Å². The number of nitro groups is 2. The Bertz CT molecular complexity index is 486. The summed E-state index contributed by atoms with van der Waals surface area (Å²) in [5.74, 6) is 0. The average molecular weight is 288 g/mol. The van der Waals surface area contributed by atoms with Crippen LogP contribution >= 0.6 is 0 Å². The Labute approximate surface area is 112 Å². The van der Waals surface area contributed by atoms with Crippen LogP contribution in [-0.2, 0) is 9.47 Å². The van der Waals surface area contributed by atoms with Crippen LogP contribution in [0.5, 0.6) is 0 Å². The van der Waals surface area contributed by atoms with Crippen LogP contribution in [0.3, 0.4) is 0 Å². The number of hydrazine groups is 2. The highest BCUT2D eigenvalue weighted by atomic mass is 16.8. The van der Waals surface area contributed by atoms with Crippen molar-refractivity contribution in [2.24, 2.45) is 0 Å². The fourth-order valence-electron chi connectivity index (χ4n) is 3.67. The Balaban J connectivity index is 1.91. The van der Waals surface area contributed by atoms with E-state index in [1.807, 2.05) is 0 Å². The third-order valence-corrected chi connectivity index (χ3v) is 4.41. The minimum Gasteiger partial charge on any atom is -0.325 e. The number of hydrogen-bond acceptors (Lipinski definition) is 8. The van der Waals surface area contributed by atoms with E-state index < -0.39 is 47.3 Å². The summed E-state index contributed by atoms with van der Waals surface area (Å²) >= 11 is 0. The van der Waals surface area contributed by atoms with E-state index in [0.29, 0.717) is 0 Å². The topological polar surface area (TPSA) is 118 Å². The molecule has 0 radical (unpaired) electrons. The Kier molecular flexibility index (Phi) is 2.08. The summed E-state index contributed by atoms with van der Waals surface area (Å²) < 4.78 is 11.2. The number of likely N-dealkylation sites (N-methyl/N-ethyl adjacent to an activating group) is 2. The van der Waals surface area contributed by atoms with Crippen molar-refractivity contribution in [1.29, 1.82) is 0 Å². The molecule has 6 unspecified atom stereocenters. The molecule has 0 aromatic heterocycles. The van der Waals surface area contributed by atoms with Gasteiger partial charge in [0.15, 0.2) is 22.5 Å². The summed E-state index contributed by atoms with van der Waals surface area (Å²) in [5.41, 5.74) is 0. The van der Waals surface area contributed by atoms with Crippen LogP contribution in [0.1, 0.15) is 0 Å². The van der Waals surface area contributed by atoms with Crippen LogP contribution in [-0.4, -0.2) is 81.2 Å². The molecule has 12 heteroatoms. The van der Waals surface area contributed by atoms with E-state index >= 15 is 0 Å². The molecule has 0 aromatic carbocycles. The molecular weight excluding hydrogens is 276 g/mol. The van der Waals surface area contributed by atoms with Crippen LogP contribution < -0.4 is 0 Å². The molecule has 0 saturated carbocycles. The molecule has 5 rings (SSSR count). The lowest BCUT2D eigenvalue weighted by molar-refractivity contribution is -0.740. The van der Waals surface area contributed by atoms with Crippen molar-refractivity contribution in [3.8, 4) is 0 Å². The molecule has 5 aliphatic rings. The molecule has 5 aliphatic heterocycles. The van der Waals surface area contributed by atoms with Gasteiger partial charge in [0, 0.05) is 0 Å². The molecule has 0 spiro atoms. The zero-order valence-electron chi connectivity index (χ0n) is 10.6. The van der Waals surface area contributed by atoms with Crippen LogP contribution in [0, 0.1) is 20.2 Å². The number of piperazine rings is 1. The van der Waals surface area contributed by atoms with E-state index in [1.165, 1.54) is 0 Å². The van der Waals surface area contributed by atoms with Crippen LogP contribution in [0.15, 0.2) is 0 Å². The Morgan fingerprint density at radius 3 is 2.05 bits per heavy atom. The minimum atomic E-state index is -1.02. The lowest BCUT2D eigenvalue weighted by Crippen LogP contribution is -2.71. The first kappa shape index (κ1) is 12.0. The third-order valence-electron chi connectivity index (χ3n) is 4.41. The van der Waals surface area contributed by atoms with Gasteiger partial charge >= 0.3 is 0 Å². The van der Waals surface area contributed by atoms with Crippen molar-refractivity contribution < 1.29 is 19.5 Å². The van der Waals surface area contributed by atoms with Gasteiger partial charge in [0.05, 0.1) is 0 Å². The Hall–Kier alpha value is -1.76. The van der Waals surface area contributed by atoms with Crippen molar-refractivity contribution in [1.82, 2.24) is 19.8 Å².